The second-order valence-corrected chi connectivity index (χ2v) is 9.32. The van der Waals surface area contributed by atoms with Crippen LogP contribution in [0, 0.1) is 5.92 Å². The summed E-state index contributed by atoms with van der Waals surface area (Å²) in [4.78, 5) is 2.74. The summed E-state index contributed by atoms with van der Waals surface area (Å²) < 4.78 is 11.6. The predicted molar refractivity (Wildman–Crippen MR) is 133 cm³/mol. The number of aryl methyl sites for hydroxylation is 1. The quantitative estimate of drug-likeness (QED) is 0.316. The molecule has 0 radical (unpaired) electrons. The van der Waals surface area contributed by atoms with Crippen molar-refractivity contribution in [2.75, 3.05) is 26.8 Å². The average Bonchev–Trinajstić information content (AvgIpc) is 3.26. The summed E-state index contributed by atoms with van der Waals surface area (Å²) in [6.45, 7) is 3.38. The number of hydrogen-bond acceptors (Lipinski definition) is 3. The van der Waals surface area contributed by atoms with E-state index in [0.717, 1.165) is 25.9 Å². The molecule has 4 rings (SSSR count). The first-order chi connectivity index (χ1) is 15.8. The van der Waals surface area contributed by atoms with Gasteiger partial charge in [0.05, 0.1) is 19.5 Å². The standard InChI is InChI=1S/C29H39NO2/c1-31-22-9-13-27-28(30-20-6-3-7-21-30)18-19-29(27)32-23-8-10-24-14-16-26(17-15-24)25-11-4-2-5-12-25/h2,4-5,9,11-12,14-17,22,27-29H,3,6-8,10,13,18-21,23H2,1H3. The molecule has 1 aliphatic carbocycles. The van der Waals surface area contributed by atoms with Gasteiger partial charge >= 0.3 is 0 Å². The molecule has 2 fully saturated rings. The summed E-state index contributed by atoms with van der Waals surface area (Å²) in [7, 11) is 1.73. The molecular weight excluding hydrogens is 394 g/mol. The number of ether oxygens (including phenoxy) is 2. The maximum absolute atomic E-state index is 6.48. The Labute approximate surface area is 194 Å². The highest BCUT2D eigenvalue weighted by Gasteiger charge is 2.39. The Hall–Kier alpha value is -2.10. The van der Waals surface area contributed by atoms with E-state index in [1.54, 1.807) is 7.11 Å². The van der Waals surface area contributed by atoms with Crippen molar-refractivity contribution in [1.82, 2.24) is 4.90 Å². The van der Waals surface area contributed by atoms with Crippen LogP contribution in [0.15, 0.2) is 66.9 Å². The number of piperidine rings is 1. The molecule has 3 atom stereocenters. The number of methoxy groups -OCH3 is 1. The van der Waals surface area contributed by atoms with E-state index in [0.29, 0.717) is 18.1 Å². The highest BCUT2D eigenvalue weighted by molar-refractivity contribution is 5.63. The van der Waals surface area contributed by atoms with Gasteiger partial charge < -0.3 is 14.4 Å². The van der Waals surface area contributed by atoms with Crippen LogP contribution in [0.1, 0.15) is 50.5 Å². The molecule has 3 nitrogen and oxygen atoms in total. The largest absolute Gasteiger partial charge is 0.505 e. The number of hydrogen-bond donors (Lipinski definition) is 0. The first-order valence-corrected chi connectivity index (χ1v) is 12.5. The minimum Gasteiger partial charge on any atom is -0.505 e. The SMILES string of the molecule is COC=CCC1C(OCCCc2ccc(-c3ccccc3)cc2)CCC1N1CCCCC1. The van der Waals surface area contributed by atoms with E-state index in [1.807, 2.05) is 6.26 Å². The van der Waals surface area contributed by atoms with Gasteiger partial charge in [0.2, 0.25) is 0 Å². The molecule has 2 aliphatic rings. The Morgan fingerprint density at radius 3 is 2.41 bits per heavy atom. The van der Waals surface area contributed by atoms with Crippen molar-refractivity contribution >= 4 is 0 Å². The molecule has 1 aliphatic heterocycles. The van der Waals surface area contributed by atoms with E-state index in [9.17, 15) is 0 Å². The Morgan fingerprint density at radius 1 is 0.906 bits per heavy atom. The number of benzene rings is 2. The number of rotatable bonds is 10. The average molecular weight is 434 g/mol. The van der Waals surface area contributed by atoms with Crippen LogP contribution in [0.4, 0.5) is 0 Å². The van der Waals surface area contributed by atoms with Crippen molar-refractivity contribution in [2.45, 2.75) is 63.5 Å². The molecule has 0 N–H and O–H groups in total. The molecule has 1 heterocycles. The fourth-order valence-corrected chi connectivity index (χ4v) is 5.54. The molecule has 2 aromatic rings. The van der Waals surface area contributed by atoms with E-state index in [-0.39, 0.29) is 0 Å². The monoisotopic (exact) mass is 433 g/mol. The maximum atomic E-state index is 6.48. The van der Waals surface area contributed by atoms with Gasteiger partial charge in [-0.2, -0.15) is 0 Å². The molecule has 1 saturated heterocycles. The molecule has 1 saturated carbocycles. The van der Waals surface area contributed by atoms with Gasteiger partial charge in [-0.15, -0.1) is 0 Å². The van der Waals surface area contributed by atoms with Crippen molar-refractivity contribution in [3.63, 3.8) is 0 Å². The first kappa shape index (κ1) is 23.1. The van der Waals surface area contributed by atoms with E-state index >= 15 is 0 Å². The van der Waals surface area contributed by atoms with Gasteiger partial charge in [0.1, 0.15) is 0 Å². The second kappa shape index (κ2) is 12.2. The van der Waals surface area contributed by atoms with Gasteiger partial charge in [0, 0.05) is 18.6 Å². The summed E-state index contributed by atoms with van der Waals surface area (Å²) >= 11 is 0. The molecule has 3 heteroatoms. The number of likely N-dealkylation sites (tertiary alicyclic amines) is 1. The van der Waals surface area contributed by atoms with Crippen LogP contribution in [0.3, 0.4) is 0 Å². The zero-order valence-corrected chi connectivity index (χ0v) is 19.6. The third-order valence-corrected chi connectivity index (χ3v) is 7.22. The lowest BCUT2D eigenvalue weighted by atomic mass is 9.94. The highest BCUT2D eigenvalue weighted by Crippen LogP contribution is 2.36. The molecule has 32 heavy (non-hydrogen) atoms. The van der Waals surface area contributed by atoms with Crippen LogP contribution in [-0.2, 0) is 15.9 Å². The van der Waals surface area contributed by atoms with Crippen molar-refractivity contribution in [3.8, 4) is 11.1 Å². The summed E-state index contributed by atoms with van der Waals surface area (Å²) in [5, 5.41) is 0. The topological polar surface area (TPSA) is 21.7 Å². The summed E-state index contributed by atoms with van der Waals surface area (Å²) in [5.41, 5.74) is 3.96. The smallest absolute Gasteiger partial charge is 0.0784 e. The zero-order valence-electron chi connectivity index (χ0n) is 19.6. The molecule has 0 aromatic heterocycles. The fraction of sp³-hybridized carbons (Fsp3) is 0.517. The lowest BCUT2D eigenvalue weighted by Gasteiger charge is -2.36. The highest BCUT2D eigenvalue weighted by atomic mass is 16.5. The third kappa shape index (κ3) is 6.24. The third-order valence-electron chi connectivity index (χ3n) is 7.22. The molecule has 2 aromatic carbocycles. The molecule has 0 bridgehead atoms. The van der Waals surface area contributed by atoms with E-state index < -0.39 is 0 Å². The van der Waals surface area contributed by atoms with Crippen molar-refractivity contribution in [1.29, 1.82) is 0 Å². The second-order valence-electron chi connectivity index (χ2n) is 9.32. The minimum atomic E-state index is 0.379. The molecule has 3 unspecified atom stereocenters. The van der Waals surface area contributed by atoms with Crippen LogP contribution in [-0.4, -0.2) is 43.9 Å². The first-order valence-electron chi connectivity index (χ1n) is 12.5. The summed E-state index contributed by atoms with van der Waals surface area (Å²) in [6.07, 6.45) is 14.2. The van der Waals surface area contributed by atoms with Crippen LogP contribution in [0.25, 0.3) is 11.1 Å². The van der Waals surface area contributed by atoms with E-state index in [1.165, 1.54) is 61.9 Å². The van der Waals surface area contributed by atoms with Crippen molar-refractivity contribution in [3.05, 3.63) is 72.5 Å². The van der Waals surface area contributed by atoms with Crippen LogP contribution in [0.5, 0.6) is 0 Å². The van der Waals surface area contributed by atoms with Crippen LogP contribution in [0.2, 0.25) is 0 Å². The van der Waals surface area contributed by atoms with Gasteiger partial charge in [-0.05, 0) is 80.8 Å². The van der Waals surface area contributed by atoms with Gasteiger partial charge in [-0.1, -0.05) is 61.0 Å². The van der Waals surface area contributed by atoms with E-state index in [4.69, 9.17) is 9.47 Å². The van der Waals surface area contributed by atoms with Gasteiger partial charge in [-0.25, -0.2) is 0 Å². The Balaban J connectivity index is 1.26. The summed E-state index contributed by atoms with van der Waals surface area (Å²) in [6, 6.07) is 20.3. The lowest BCUT2D eigenvalue weighted by Crippen LogP contribution is -2.43. The molecule has 172 valence electrons. The lowest BCUT2D eigenvalue weighted by molar-refractivity contribution is 0.00875. The zero-order chi connectivity index (χ0) is 22.0. The van der Waals surface area contributed by atoms with E-state index in [2.05, 4.69) is 65.6 Å². The van der Waals surface area contributed by atoms with Gasteiger partial charge in [0.15, 0.2) is 0 Å². The van der Waals surface area contributed by atoms with Crippen molar-refractivity contribution < 1.29 is 9.47 Å². The van der Waals surface area contributed by atoms with Gasteiger partial charge in [0.25, 0.3) is 0 Å². The molecule has 0 amide bonds. The number of allylic oxidation sites excluding steroid dienone is 1. The Bertz CT molecular complexity index is 811. The van der Waals surface area contributed by atoms with Crippen LogP contribution >= 0.6 is 0 Å². The maximum Gasteiger partial charge on any atom is 0.0784 e. The predicted octanol–water partition coefficient (Wildman–Crippen LogP) is 6.49. The molecular formula is C29H39NO2. The fourth-order valence-electron chi connectivity index (χ4n) is 5.54. The van der Waals surface area contributed by atoms with Gasteiger partial charge in [-0.3, -0.25) is 0 Å². The Morgan fingerprint density at radius 2 is 1.66 bits per heavy atom. The molecule has 0 spiro atoms. The number of nitrogens with zero attached hydrogens (tertiary/aromatic N) is 1. The van der Waals surface area contributed by atoms with Crippen LogP contribution < -0.4 is 0 Å². The summed E-state index contributed by atoms with van der Waals surface area (Å²) in [5.74, 6) is 0.588. The van der Waals surface area contributed by atoms with Crippen molar-refractivity contribution in [2.24, 2.45) is 5.92 Å². The normalized spacial score (nSPS) is 24.2. The minimum absolute atomic E-state index is 0.379. The Kier molecular flexibility index (Phi) is 8.81.